The lowest BCUT2D eigenvalue weighted by molar-refractivity contribution is 0.251. The van der Waals surface area contributed by atoms with E-state index in [1.165, 1.54) is 11.1 Å². The van der Waals surface area contributed by atoms with Crippen molar-refractivity contribution in [3.8, 4) is 11.3 Å². The van der Waals surface area contributed by atoms with Crippen LogP contribution in [0.5, 0.6) is 0 Å². The van der Waals surface area contributed by atoms with E-state index in [1.807, 2.05) is 55.0 Å². The first-order valence-electron chi connectivity index (χ1n) is 7.54. The molecular formula is C18H16N4O. The van der Waals surface area contributed by atoms with Crippen molar-refractivity contribution >= 4 is 11.7 Å². The van der Waals surface area contributed by atoms with Crippen LogP contribution in [-0.2, 0) is 0 Å². The topological polar surface area (TPSA) is 59.0 Å². The van der Waals surface area contributed by atoms with E-state index in [0.29, 0.717) is 6.54 Å². The average molecular weight is 304 g/mol. The number of nitrogens with zero attached hydrogens (tertiary/aromatic N) is 2. The van der Waals surface area contributed by atoms with Gasteiger partial charge in [0.1, 0.15) is 0 Å². The standard InChI is InChI=1S/C18H16N4O/c23-18(21-13-6-2-1-3-7-13)20-11-17-15-9-5-4-8-14(15)16-10-19-12-22(16)17/h1-10,12,17H,11H2,(H2,20,21,23). The molecule has 1 aliphatic rings. The van der Waals surface area contributed by atoms with Crippen LogP contribution in [0.1, 0.15) is 11.6 Å². The molecule has 0 bridgehead atoms. The largest absolute Gasteiger partial charge is 0.335 e. The Bertz CT molecular complexity index is 841. The number of fused-ring (bicyclic) bond motifs is 3. The normalized spacial score (nSPS) is 14.9. The highest BCUT2D eigenvalue weighted by Gasteiger charge is 2.28. The van der Waals surface area contributed by atoms with Crippen LogP contribution in [0.2, 0.25) is 0 Å². The molecule has 1 unspecified atom stereocenters. The first-order chi connectivity index (χ1) is 11.3. The van der Waals surface area contributed by atoms with Gasteiger partial charge in [0.2, 0.25) is 0 Å². The van der Waals surface area contributed by atoms with Crippen molar-refractivity contribution < 1.29 is 4.79 Å². The third kappa shape index (κ3) is 2.46. The number of amides is 2. The minimum absolute atomic E-state index is 0.0743. The highest BCUT2D eigenvalue weighted by atomic mass is 16.2. The van der Waals surface area contributed by atoms with Crippen LogP contribution in [0.3, 0.4) is 0 Å². The predicted molar refractivity (Wildman–Crippen MR) is 89.3 cm³/mol. The number of aromatic nitrogens is 2. The summed E-state index contributed by atoms with van der Waals surface area (Å²) in [6.07, 6.45) is 3.68. The van der Waals surface area contributed by atoms with Gasteiger partial charge >= 0.3 is 6.03 Å². The molecule has 1 aromatic heterocycles. The second-order valence-electron chi connectivity index (χ2n) is 5.49. The number of imidazole rings is 1. The molecule has 0 saturated heterocycles. The van der Waals surface area contributed by atoms with Crippen LogP contribution in [0, 0.1) is 0 Å². The highest BCUT2D eigenvalue weighted by molar-refractivity contribution is 5.89. The first-order valence-corrected chi connectivity index (χ1v) is 7.54. The number of carbonyl (C=O) groups is 1. The zero-order valence-corrected chi connectivity index (χ0v) is 12.4. The monoisotopic (exact) mass is 304 g/mol. The van der Waals surface area contributed by atoms with E-state index in [4.69, 9.17) is 0 Å². The Morgan fingerprint density at radius 3 is 2.74 bits per heavy atom. The van der Waals surface area contributed by atoms with Gasteiger partial charge in [0.05, 0.1) is 24.3 Å². The second kappa shape index (κ2) is 5.61. The number of nitrogens with one attached hydrogen (secondary N) is 2. The lowest BCUT2D eigenvalue weighted by atomic mass is 10.0. The molecule has 1 aliphatic heterocycles. The van der Waals surface area contributed by atoms with Gasteiger partial charge in [-0.3, -0.25) is 0 Å². The summed E-state index contributed by atoms with van der Waals surface area (Å²) >= 11 is 0. The Hall–Kier alpha value is -3.08. The summed E-state index contributed by atoms with van der Waals surface area (Å²) in [5.74, 6) is 0. The smallest absolute Gasteiger partial charge is 0.319 e. The Kier molecular flexibility index (Phi) is 3.31. The SMILES string of the molecule is O=C(NCC1c2ccccc2-c2cncn21)Nc1ccccc1. The van der Waals surface area contributed by atoms with E-state index in [9.17, 15) is 4.79 Å². The van der Waals surface area contributed by atoms with Crippen LogP contribution in [0.4, 0.5) is 10.5 Å². The summed E-state index contributed by atoms with van der Waals surface area (Å²) in [7, 11) is 0. The number of carbonyl (C=O) groups excluding carboxylic acids is 1. The number of para-hydroxylation sites is 1. The quantitative estimate of drug-likeness (QED) is 0.780. The molecule has 2 heterocycles. The van der Waals surface area contributed by atoms with Crippen LogP contribution in [0.25, 0.3) is 11.3 Å². The Morgan fingerprint density at radius 1 is 1.09 bits per heavy atom. The molecule has 0 aliphatic carbocycles. The Balaban J connectivity index is 1.48. The molecule has 2 aromatic carbocycles. The predicted octanol–water partition coefficient (Wildman–Crippen LogP) is 3.27. The van der Waals surface area contributed by atoms with E-state index in [0.717, 1.165) is 11.4 Å². The molecule has 0 spiro atoms. The summed E-state index contributed by atoms with van der Waals surface area (Å²) in [6, 6.07) is 17.5. The van der Waals surface area contributed by atoms with Crippen molar-refractivity contribution in [3.05, 3.63) is 72.7 Å². The zero-order valence-electron chi connectivity index (χ0n) is 12.4. The van der Waals surface area contributed by atoms with E-state index >= 15 is 0 Å². The van der Waals surface area contributed by atoms with Gasteiger partial charge in [-0.25, -0.2) is 9.78 Å². The third-order valence-corrected chi connectivity index (χ3v) is 4.09. The van der Waals surface area contributed by atoms with Crippen molar-refractivity contribution in [1.82, 2.24) is 14.9 Å². The lowest BCUT2D eigenvalue weighted by Gasteiger charge is -2.16. The highest BCUT2D eigenvalue weighted by Crippen LogP contribution is 2.38. The fourth-order valence-electron chi connectivity index (χ4n) is 3.03. The van der Waals surface area contributed by atoms with Crippen molar-refractivity contribution in [2.24, 2.45) is 0 Å². The van der Waals surface area contributed by atoms with Crippen molar-refractivity contribution in [2.75, 3.05) is 11.9 Å². The average Bonchev–Trinajstić information content (AvgIpc) is 3.15. The van der Waals surface area contributed by atoms with E-state index < -0.39 is 0 Å². The molecule has 0 radical (unpaired) electrons. The van der Waals surface area contributed by atoms with E-state index in [-0.39, 0.29) is 12.1 Å². The molecule has 3 aromatic rings. The number of benzene rings is 2. The first kappa shape index (κ1) is 13.6. The second-order valence-corrected chi connectivity index (χ2v) is 5.49. The van der Waals surface area contributed by atoms with Gasteiger partial charge < -0.3 is 15.2 Å². The van der Waals surface area contributed by atoms with Gasteiger partial charge in [-0.05, 0) is 17.7 Å². The molecule has 114 valence electrons. The van der Waals surface area contributed by atoms with Crippen molar-refractivity contribution in [2.45, 2.75) is 6.04 Å². The van der Waals surface area contributed by atoms with E-state index in [1.54, 1.807) is 0 Å². The number of hydrogen-bond donors (Lipinski definition) is 2. The molecular weight excluding hydrogens is 288 g/mol. The minimum Gasteiger partial charge on any atom is -0.335 e. The molecule has 2 amide bonds. The summed E-state index contributed by atoms with van der Waals surface area (Å²) < 4.78 is 2.10. The van der Waals surface area contributed by atoms with Gasteiger partial charge in [-0.1, -0.05) is 42.5 Å². The van der Waals surface area contributed by atoms with Crippen LogP contribution in [-0.4, -0.2) is 22.1 Å². The molecule has 5 nitrogen and oxygen atoms in total. The van der Waals surface area contributed by atoms with Gasteiger partial charge in [-0.15, -0.1) is 0 Å². The number of hydrogen-bond acceptors (Lipinski definition) is 2. The fourth-order valence-corrected chi connectivity index (χ4v) is 3.03. The molecule has 2 N–H and O–H groups in total. The molecule has 1 atom stereocenters. The Morgan fingerprint density at radius 2 is 1.87 bits per heavy atom. The van der Waals surface area contributed by atoms with Gasteiger partial charge in [-0.2, -0.15) is 0 Å². The summed E-state index contributed by atoms with van der Waals surface area (Å²) in [4.78, 5) is 16.3. The third-order valence-electron chi connectivity index (χ3n) is 4.09. The lowest BCUT2D eigenvalue weighted by Crippen LogP contribution is -2.33. The maximum atomic E-state index is 12.1. The van der Waals surface area contributed by atoms with Gasteiger partial charge in [0.15, 0.2) is 0 Å². The Labute approximate surface area is 134 Å². The number of urea groups is 1. The van der Waals surface area contributed by atoms with Gasteiger partial charge in [0, 0.05) is 17.8 Å². The molecule has 0 fully saturated rings. The van der Waals surface area contributed by atoms with Crippen molar-refractivity contribution in [3.63, 3.8) is 0 Å². The number of anilines is 1. The minimum atomic E-state index is -0.206. The maximum Gasteiger partial charge on any atom is 0.319 e. The van der Waals surface area contributed by atoms with Crippen LogP contribution in [0.15, 0.2) is 67.1 Å². The molecule has 4 rings (SSSR count). The summed E-state index contributed by atoms with van der Waals surface area (Å²) in [6.45, 7) is 0.513. The fraction of sp³-hybridized carbons (Fsp3) is 0.111. The molecule has 5 heteroatoms. The zero-order chi connectivity index (χ0) is 15.6. The maximum absolute atomic E-state index is 12.1. The molecule has 0 saturated carbocycles. The van der Waals surface area contributed by atoms with E-state index in [2.05, 4.69) is 32.3 Å². The van der Waals surface area contributed by atoms with Gasteiger partial charge in [0.25, 0.3) is 0 Å². The number of rotatable bonds is 3. The molecule has 23 heavy (non-hydrogen) atoms. The van der Waals surface area contributed by atoms with Crippen LogP contribution < -0.4 is 10.6 Å². The summed E-state index contributed by atoms with van der Waals surface area (Å²) in [5, 5.41) is 5.78. The van der Waals surface area contributed by atoms with Crippen molar-refractivity contribution in [1.29, 1.82) is 0 Å². The summed E-state index contributed by atoms with van der Waals surface area (Å²) in [5.41, 5.74) is 4.26. The van der Waals surface area contributed by atoms with Crippen LogP contribution >= 0.6 is 0 Å².